The minimum absolute atomic E-state index is 0.332. The summed E-state index contributed by atoms with van der Waals surface area (Å²) in [4.78, 5) is 13.0. The minimum atomic E-state index is -0.431. The van der Waals surface area contributed by atoms with E-state index in [1.165, 1.54) is 16.4 Å². The number of rotatable bonds is 2. The van der Waals surface area contributed by atoms with Gasteiger partial charge in [0.15, 0.2) is 5.82 Å². The van der Waals surface area contributed by atoms with Crippen LogP contribution >= 0.6 is 23.1 Å². The van der Waals surface area contributed by atoms with Gasteiger partial charge in [0.1, 0.15) is 0 Å². The highest BCUT2D eigenvalue weighted by Gasteiger charge is 2.19. The zero-order valence-electron chi connectivity index (χ0n) is 9.44. The molecule has 0 radical (unpaired) electrons. The van der Waals surface area contributed by atoms with E-state index in [1.54, 1.807) is 20.0 Å². The highest BCUT2D eigenvalue weighted by molar-refractivity contribution is 7.13. The van der Waals surface area contributed by atoms with Crippen LogP contribution in [0.1, 0.15) is 6.92 Å². The largest absolute Gasteiger partial charge is 0.449 e. The van der Waals surface area contributed by atoms with Gasteiger partial charge in [-0.05, 0) is 30.6 Å². The van der Waals surface area contributed by atoms with Crippen LogP contribution in [0.5, 0.6) is 0 Å². The van der Waals surface area contributed by atoms with Crippen LogP contribution in [-0.4, -0.2) is 24.1 Å². The van der Waals surface area contributed by atoms with Gasteiger partial charge in [-0.1, -0.05) is 17.7 Å². The number of ether oxygens (including phenoxy) is 1. The quantitative estimate of drug-likeness (QED) is 0.838. The number of carbonyl (C=O) groups excluding carboxylic acids is 1. The molecule has 0 aliphatic carbocycles. The zero-order valence-corrected chi connectivity index (χ0v) is 11.0. The van der Waals surface area contributed by atoms with Crippen LogP contribution in [0.3, 0.4) is 0 Å². The van der Waals surface area contributed by atoms with Crippen LogP contribution in [-0.2, 0) is 4.74 Å². The Morgan fingerprint density at radius 3 is 3.06 bits per heavy atom. The van der Waals surface area contributed by atoms with Gasteiger partial charge in [-0.2, -0.15) is 4.37 Å². The lowest BCUT2D eigenvalue weighted by molar-refractivity contribution is 0.161. The molecule has 0 saturated carbocycles. The predicted octanol–water partition coefficient (Wildman–Crippen LogP) is 3.54. The Morgan fingerprint density at radius 1 is 1.59 bits per heavy atom. The third kappa shape index (κ3) is 2.21. The molecular formula is C11H11ClN2O2S. The van der Waals surface area contributed by atoms with E-state index >= 15 is 0 Å². The first kappa shape index (κ1) is 12.1. The van der Waals surface area contributed by atoms with Crippen molar-refractivity contribution in [1.82, 2.24) is 4.37 Å². The van der Waals surface area contributed by atoms with E-state index in [0.717, 1.165) is 10.1 Å². The molecule has 0 bridgehead atoms. The van der Waals surface area contributed by atoms with E-state index in [0.29, 0.717) is 17.4 Å². The summed E-state index contributed by atoms with van der Waals surface area (Å²) in [5.74, 6) is 0.536. The fraction of sp³-hybridized carbons (Fsp3) is 0.273. The Bertz CT molecular complexity index is 555. The molecule has 0 N–H and O–H groups in total. The molecule has 1 heterocycles. The second kappa shape index (κ2) is 4.89. The van der Waals surface area contributed by atoms with E-state index in [4.69, 9.17) is 16.3 Å². The molecule has 2 rings (SSSR count). The van der Waals surface area contributed by atoms with Crippen LogP contribution in [0.2, 0.25) is 5.02 Å². The number of nitrogens with zero attached hydrogens (tertiary/aromatic N) is 2. The normalized spacial score (nSPS) is 10.5. The Labute approximate surface area is 108 Å². The standard InChI is InChI=1S/C11H11ClN2O2S/c1-3-16-11(15)14(2)10-9-7(12)5-4-6-8(9)17-13-10/h4-6H,3H2,1-2H3. The summed E-state index contributed by atoms with van der Waals surface area (Å²) in [5.41, 5.74) is 0. The molecule has 1 aromatic carbocycles. The first-order chi connectivity index (χ1) is 8.15. The molecular weight excluding hydrogens is 260 g/mol. The average Bonchev–Trinajstić information content (AvgIpc) is 2.73. The summed E-state index contributed by atoms with van der Waals surface area (Å²) in [6.45, 7) is 2.09. The summed E-state index contributed by atoms with van der Waals surface area (Å²) in [6, 6.07) is 5.55. The van der Waals surface area contributed by atoms with Crippen molar-refractivity contribution in [1.29, 1.82) is 0 Å². The number of fused-ring (bicyclic) bond motifs is 1. The van der Waals surface area contributed by atoms with Crippen LogP contribution < -0.4 is 4.90 Å². The van der Waals surface area contributed by atoms with Gasteiger partial charge >= 0.3 is 6.09 Å². The summed E-state index contributed by atoms with van der Waals surface area (Å²) in [6.07, 6.45) is -0.431. The van der Waals surface area contributed by atoms with Crippen molar-refractivity contribution >= 4 is 45.1 Å². The molecule has 0 aliphatic heterocycles. The number of amides is 1. The van der Waals surface area contributed by atoms with Crippen molar-refractivity contribution in [3.05, 3.63) is 23.2 Å². The number of anilines is 1. The topological polar surface area (TPSA) is 42.4 Å². The molecule has 2 aromatic rings. The average molecular weight is 271 g/mol. The van der Waals surface area contributed by atoms with Gasteiger partial charge in [-0.25, -0.2) is 4.79 Å². The first-order valence-corrected chi connectivity index (χ1v) is 6.24. The minimum Gasteiger partial charge on any atom is -0.449 e. The molecule has 0 aliphatic rings. The van der Waals surface area contributed by atoms with E-state index in [-0.39, 0.29) is 0 Å². The molecule has 6 heteroatoms. The van der Waals surface area contributed by atoms with Gasteiger partial charge in [-0.15, -0.1) is 0 Å². The number of benzene rings is 1. The van der Waals surface area contributed by atoms with Crippen molar-refractivity contribution in [3.8, 4) is 0 Å². The second-order valence-electron chi connectivity index (χ2n) is 3.38. The maximum atomic E-state index is 11.6. The van der Waals surface area contributed by atoms with E-state index < -0.39 is 6.09 Å². The summed E-state index contributed by atoms with van der Waals surface area (Å²) >= 11 is 7.43. The van der Waals surface area contributed by atoms with Crippen molar-refractivity contribution < 1.29 is 9.53 Å². The summed E-state index contributed by atoms with van der Waals surface area (Å²) in [7, 11) is 1.62. The van der Waals surface area contributed by atoms with Crippen LogP contribution in [0.25, 0.3) is 10.1 Å². The van der Waals surface area contributed by atoms with Crippen LogP contribution in [0, 0.1) is 0 Å². The third-order valence-electron chi connectivity index (χ3n) is 2.29. The number of carbonyl (C=O) groups is 1. The van der Waals surface area contributed by atoms with Gasteiger partial charge in [0, 0.05) is 7.05 Å². The molecule has 4 nitrogen and oxygen atoms in total. The predicted molar refractivity (Wildman–Crippen MR) is 70.1 cm³/mol. The molecule has 0 fully saturated rings. The highest BCUT2D eigenvalue weighted by atomic mass is 35.5. The zero-order chi connectivity index (χ0) is 12.4. The molecule has 0 atom stereocenters. The molecule has 0 saturated heterocycles. The van der Waals surface area contributed by atoms with E-state index in [2.05, 4.69) is 4.37 Å². The van der Waals surface area contributed by atoms with Gasteiger partial charge in [-0.3, -0.25) is 4.90 Å². The van der Waals surface area contributed by atoms with Crippen molar-refractivity contribution in [2.24, 2.45) is 0 Å². The monoisotopic (exact) mass is 270 g/mol. The third-order valence-corrected chi connectivity index (χ3v) is 3.40. The van der Waals surface area contributed by atoms with Gasteiger partial charge in [0.05, 0.1) is 21.7 Å². The first-order valence-electron chi connectivity index (χ1n) is 5.09. The van der Waals surface area contributed by atoms with Crippen LogP contribution in [0.15, 0.2) is 18.2 Å². The fourth-order valence-electron chi connectivity index (χ4n) is 1.47. The number of aromatic nitrogens is 1. The number of halogens is 1. The lowest BCUT2D eigenvalue weighted by Gasteiger charge is -2.14. The lowest BCUT2D eigenvalue weighted by Crippen LogP contribution is -2.27. The molecule has 0 spiro atoms. The smallest absolute Gasteiger partial charge is 0.415 e. The summed E-state index contributed by atoms with van der Waals surface area (Å²) < 4.78 is 10.1. The van der Waals surface area contributed by atoms with Gasteiger partial charge in [0.2, 0.25) is 0 Å². The van der Waals surface area contributed by atoms with Crippen molar-refractivity contribution in [2.75, 3.05) is 18.6 Å². The summed E-state index contributed by atoms with van der Waals surface area (Å²) in [5, 5.41) is 1.37. The molecule has 1 amide bonds. The number of hydrogen-bond donors (Lipinski definition) is 0. The van der Waals surface area contributed by atoms with E-state index in [9.17, 15) is 4.79 Å². The molecule has 90 valence electrons. The highest BCUT2D eigenvalue weighted by Crippen LogP contribution is 2.34. The lowest BCUT2D eigenvalue weighted by atomic mass is 10.2. The number of hydrogen-bond acceptors (Lipinski definition) is 4. The van der Waals surface area contributed by atoms with Crippen molar-refractivity contribution in [2.45, 2.75) is 6.92 Å². The van der Waals surface area contributed by atoms with Crippen LogP contribution in [0.4, 0.5) is 10.6 Å². The van der Waals surface area contributed by atoms with Gasteiger partial charge < -0.3 is 4.74 Å². The molecule has 0 unspecified atom stereocenters. The fourth-order valence-corrected chi connectivity index (χ4v) is 2.62. The maximum absolute atomic E-state index is 11.6. The Balaban J connectivity index is 2.45. The molecule has 17 heavy (non-hydrogen) atoms. The molecule has 1 aromatic heterocycles. The SMILES string of the molecule is CCOC(=O)N(C)c1nsc2cccc(Cl)c12. The Hall–Kier alpha value is -1.33. The second-order valence-corrected chi connectivity index (χ2v) is 4.59. The van der Waals surface area contributed by atoms with E-state index in [1.807, 2.05) is 12.1 Å². The van der Waals surface area contributed by atoms with Crippen molar-refractivity contribution in [3.63, 3.8) is 0 Å². The maximum Gasteiger partial charge on any atom is 0.415 e. The Morgan fingerprint density at radius 2 is 2.35 bits per heavy atom. The Kier molecular flexibility index (Phi) is 3.49. The van der Waals surface area contributed by atoms with Gasteiger partial charge in [0.25, 0.3) is 0 Å².